The number of hydrogen-bond donors (Lipinski definition) is 1. The third-order valence-electron chi connectivity index (χ3n) is 6.02. The zero-order valence-electron chi connectivity index (χ0n) is 16.7. The highest BCUT2D eigenvalue weighted by Gasteiger charge is 2.36. The van der Waals surface area contributed by atoms with Crippen molar-refractivity contribution < 1.29 is 27.8 Å². The van der Waals surface area contributed by atoms with Crippen molar-refractivity contribution in [1.29, 1.82) is 0 Å². The number of ketones is 1. The first-order chi connectivity index (χ1) is 14.1. The van der Waals surface area contributed by atoms with Gasteiger partial charge in [0.2, 0.25) is 0 Å². The van der Waals surface area contributed by atoms with Gasteiger partial charge in [-0.05, 0) is 61.2 Å². The molecule has 2 aromatic rings. The molecule has 1 N–H and O–H groups in total. The highest BCUT2D eigenvalue weighted by atomic mass is 19.4. The van der Waals surface area contributed by atoms with Gasteiger partial charge in [0.25, 0.3) is 0 Å². The van der Waals surface area contributed by atoms with Gasteiger partial charge in [0.15, 0.2) is 5.78 Å². The van der Waals surface area contributed by atoms with Gasteiger partial charge in [-0.2, -0.15) is 13.2 Å². The van der Waals surface area contributed by atoms with E-state index in [1.54, 1.807) is 6.07 Å². The minimum absolute atomic E-state index is 0.0114. The third kappa shape index (κ3) is 4.23. The summed E-state index contributed by atoms with van der Waals surface area (Å²) in [4.78, 5) is 14.7. The molecule has 2 heterocycles. The molecule has 1 saturated heterocycles. The number of nitrogens with zero attached hydrogens (tertiary/aromatic N) is 1. The molecule has 0 amide bonds. The van der Waals surface area contributed by atoms with E-state index in [2.05, 4.69) is 0 Å². The quantitative estimate of drug-likeness (QED) is 0.755. The van der Waals surface area contributed by atoms with E-state index in [4.69, 9.17) is 4.74 Å². The number of fused-ring (bicyclic) bond motifs is 1. The molecule has 1 unspecified atom stereocenters. The van der Waals surface area contributed by atoms with E-state index in [0.717, 1.165) is 29.9 Å². The molecule has 2 aromatic carbocycles. The first-order valence-corrected chi connectivity index (χ1v) is 10.1. The highest BCUT2D eigenvalue weighted by Crippen LogP contribution is 2.36. The number of piperidine rings is 1. The smallest absolute Gasteiger partial charge is 0.416 e. The summed E-state index contributed by atoms with van der Waals surface area (Å²) in [5.74, 6) is 0.843. The number of aliphatic hydroxyl groups is 1. The fraction of sp³-hybridized carbons (Fsp3) is 0.435. The first-order valence-electron chi connectivity index (χ1n) is 10.1. The van der Waals surface area contributed by atoms with Crippen LogP contribution >= 0.6 is 0 Å². The summed E-state index contributed by atoms with van der Waals surface area (Å²) in [6.45, 7) is 3.23. The molecule has 7 heteroatoms. The molecule has 160 valence electrons. The lowest BCUT2D eigenvalue weighted by Crippen LogP contribution is -2.44. The monoisotopic (exact) mass is 419 g/mol. The van der Waals surface area contributed by atoms with Crippen LogP contribution in [0.5, 0.6) is 5.75 Å². The number of halogens is 3. The van der Waals surface area contributed by atoms with Crippen molar-refractivity contribution >= 4 is 5.78 Å². The van der Waals surface area contributed by atoms with Crippen molar-refractivity contribution in [2.75, 3.05) is 19.6 Å². The summed E-state index contributed by atoms with van der Waals surface area (Å²) in [6, 6.07) is 10.2. The second-order valence-electron chi connectivity index (χ2n) is 8.26. The topological polar surface area (TPSA) is 49.8 Å². The van der Waals surface area contributed by atoms with Crippen LogP contribution in [0.15, 0.2) is 42.5 Å². The normalized spacial score (nSPS) is 21.2. The number of Topliss-reactive ketones (excluding diaryl/α,β-unsaturated/α-hetero) is 1. The molecule has 1 fully saturated rings. The maximum absolute atomic E-state index is 12.8. The SMILES string of the molecule is CC1Cc2cc(C(=O)CN3CCC(O)(c4ccc(C(F)(F)F)cc4)CC3)ccc2O1. The average Bonchev–Trinajstić information content (AvgIpc) is 3.08. The summed E-state index contributed by atoms with van der Waals surface area (Å²) in [5, 5.41) is 10.9. The minimum Gasteiger partial charge on any atom is -0.490 e. The number of rotatable bonds is 4. The maximum Gasteiger partial charge on any atom is 0.416 e. The van der Waals surface area contributed by atoms with Crippen LogP contribution in [0, 0.1) is 0 Å². The van der Waals surface area contributed by atoms with Crippen LogP contribution in [0.3, 0.4) is 0 Å². The van der Waals surface area contributed by atoms with Gasteiger partial charge in [-0.15, -0.1) is 0 Å². The van der Waals surface area contributed by atoms with E-state index in [0.29, 0.717) is 37.1 Å². The molecule has 30 heavy (non-hydrogen) atoms. The van der Waals surface area contributed by atoms with Crippen molar-refractivity contribution in [3.05, 3.63) is 64.7 Å². The number of likely N-dealkylation sites (tertiary alicyclic amines) is 1. The fourth-order valence-corrected chi connectivity index (χ4v) is 4.23. The second kappa shape index (κ2) is 7.71. The minimum atomic E-state index is -4.40. The Morgan fingerprint density at radius 3 is 2.47 bits per heavy atom. The third-order valence-corrected chi connectivity index (χ3v) is 6.02. The zero-order valence-corrected chi connectivity index (χ0v) is 16.7. The molecule has 0 aliphatic carbocycles. The number of hydrogen-bond acceptors (Lipinski definition) is 4. The summed E-state index contributed by atoms with van der Waals surface area (Å²) in [6.07, 6.45) is -2.76. The molecular weight excluding hydrogens is 395 g/mol. The van der Waals surface area contributed by atoms with Crippen LogP contribution in [0.25, 0.3) is 0 Å². The number of benzene rings is 2. The Hall–Kier alpha value is -2.38. The Kier molecular flexibility index (Phi) is 5.36. The predicted octanol–water partition coefficient (Wildman–Crippen LogP) is 4.20. The summed E-state index contributed by atoms with van der Waals surface area (Å²) in [7, 11) is 0. The Bertz CT molecular complexity index is 932. The Morgan fingerprint density at radius 2 is 1.83 bits per heavy atom. The first kappa shape index (κ1) is 20.9. The van der Waals surface area contributed by atoms with Crippen LogP contribution in [0.4, 0.5) is 13.2 Å². The van der Waals surface area contributed by atoms with E-state index < -0.39 is 17.3 Å². The zero-order chi connectivity index (χ0) is 21.5. The maximum atomic E-state index is 12.8. The molecule has 4 nitrogen and oxygen atoms in total. The fourth-order valence-electron chi connectivity index (χ4n) is 4.23. The van der Waals surface area contributed by atoms with Gasteiger partial charge in [-0.3, -0.25) is 9.69 Å². The molecule has 4 rings (SSSR count). The van der Waals surface area contributed by atoms with Gasteiger partial charge in [-0.25, -0.2) is 0 Å². The van der Waals surface area contributed by atoms with Crippen LogP contribution in [0.2, 0.25) is 0 Å². The van der Waals surface area contributed by atoms with E-state index in [1.807, 2.05) is 24.0 Å². The van der Waals surface area contributed by atoms with Gasteiger partial charge in [0.1, 0.15) is 11.9 Å². The van der Waals surface area contributed by atoms with Gasteiger partial charge in [0.05, 0.1) is 17.7 Å². The van der Waals surface area contributed by atoms with Crippen LogP contribution < -0.4 is 4.74 Å². The Labute approximate surface area is 173 Å². The molecule has 0 radical (unpaired) electrons. The highest BCUT2D eigenvalue weighted by molar-refractivity contribution is 5.98. The predicted molar refractivity (Wildman–Crippen MR) is 106 cm³/mol. The van der Waals surface area contributed by atoms with Crippen LogP contribution in [0.1, 0.15) is 46.8 Å². The van der Waals surface area contributed by atoms with Gasteiger partial charge in [0, 0.05) is 25.1 Å². The standard InChI is InChI=1S/C23H24F3NO3/c1-15-12-17-13-16(2-7-21(17)30-15)20(28)14-27-10-8-22(29,9-11-27)18-3-5-19(6-4-18)23(24,25)26/h2-7,13,15,29H,8-12,14H2,1H3. The molecule has 0 bridgehead atoms. The molecule has 1 atom stereocenters. The van der Waals surface area contributed by atoms with Gasteiger partial charge >= 0.3 is 6.18 Å². The molecule has 0 saturated carbocycles. The molecule has 2 aliphatic rings. The lowest BCUT2D eigenvalue weighted by Gasteiger charge is -2.38. The number of ether oxygens (including phenoxy) is 1. The van der Waals surface area contributed by atoms with Crippen molar-refractivity contribution in [1.82, 2.24) is 4.90 Å². The van der Waals surface area contributed by atoms with Gasteiger partial charge in [-0.1, -0.05) is 12.1 Å². The largest absolute Gasteiger partial charge is 0.490 e. The van der Waals surface area contributed by atoms with E-state index in [9.17, 15) is 23.1 Å². The Morgan fingerprint density at radius 1 is 1.17 bits per heavy atom. The van der Waals surface area contributed by atoms with Crippen molar-refractivity contribution in [2.24, 2.45) is 0 Å². The van der Waals surface area contributed by atoms with E-state index in [-0.39, 0.29) is 18.4 Å². The number of alkyl halides is 3. The lowest BCUT2D eigenvalue weighted by molar-refractivity contribution is -0.137. The van der Waals surface area contributed by atoms with E-state index in [1.165, 1.54) is 12.1 Å². The van der Waals surface area contributed by atoms with E-state index >= 15 is 0 Å². The molecular formula is C23H24F3NO3. The lowest BCUT2D eigenvalue weighted by atomic mass is 9.84. The average molecular weight is 419 g/mol. The van der Waals surface area contributed by atoms with Gasteiger partial charge < -0.3 is 9.84 Å². The van der Waals surface area contributed by atoms with Crippen LogP contribution in [-0.2, 0) is 18.2 Å². The van der Waals surface area contributed by atoms with Crippen molar-refractivity contribution in [3.63, 3.8) is 0 Å². The molecule has 0 spiro atoms. The number of carbonyl (C=O) groups excluding carboxylic acids is 1. The summed E-state index contributed by atoms with van der Waals surface area (Å²) in [5.41, 5.74) is 0.269. The Balaban J connectivity index is 1.36. The van der Waals surface area contributed by atoms with Crippen molar-refractivity contribution in [3.8, 4) is 5.75 Å². The molecule has 2 aliphatic heterocycles. The molecule has 0 aromatic heterocycles. The summed E-state index contributed by atoms with van der Waals surface area (Å²) < 4.78 is 43.9. The van der Waals surface area contributed by atoms with Crippen molar-refractivity contribution in [2.45, 2.75) is 44.1 Å². The second-order valence-corrected chi connectivity index (χ2v) is 8.26. The number of carbonyl (C=O) groups is 1. The van der Waals surface area contributed by atoms with Crippen LogP contribution in [-0.4, -0.2) is 41.5 Å². The summed E-state index contributed by atoms with van der Waals surface area (Å²) >= 11 is 0.